The molecule has 2 fully saturated rings. The van der Waals surface area contributed by atoms with E-state index in [1.807, 2.05) is 23.1 Å². The molecule has 5 rings (SSSR count). The Morgan fingerprint density at radius 3 is 2.85 bits per heavy atom. The number of ether oxygens (including phenoxy) is 1. The number of rotatable bonds is 6. The van der Waals surface area contributed by atoms with Gasteiger partial charge in [0, 0.05) is 37.7 Å². The van der Waals surface area contributed by atoms with Crippen LogP contribution in [-0.2, 0) is 14.8 Å². The first-order valence-electron chi connectivity index (χ1n) is 11.4. The van der Waals surface area contributed by atoms with E-state index < -0.39 is 10.0 Å². The van der Waals surface area contributed by atoms with Crippen LogP contribution in [0.15, 0.2) is 53.4 Å². The number of nitrogens with one attached hydrogen (secondary N) is 1. The SMILES string of the molecule is O=C(c1cccc(S(=O)(=O)NC[C@@H]2CCCO2)c1)N1CCC[C@@H](c2nc3ccccc3s2)C1. The second kappa shape index (κ2) is 9.50. The Labute approximate surface area is 197 Å². The van der Waals surface area contributed by atoms with Crippen molar-refractivity contribution < 1.29 is 17.9 Å². The molecule has 3 aromatic rings. The number of aromatic nitrogens is 1. The predicted molar refractivity (Wildman–Crippen MR) is 128 cm³/mol. The third-order valence-corrected chi connectivity index (χ3v) is 8.90. The number of piperidine rings is 1. The average molecular weight is 486 g/mol. The molecule has 9 heteroatoms. The number of carbonyl (C=O) groups is 1. The van der Waals surface area contributed by atoms with Gasteiger partial charge in [0.05, 0.1) is 26.2 Å². The van der Waals surface area contributed by atoms with Gasteiger partial charge in [-0.2, -0.15) is 0 Å². The van der Waals surface area contributed by atoms with Gasteiger partial charge in [-0.05, 0) is 56.0 Å². The van der Waals surface area contributed by atoms with Gasteiger partial charge in [0.1, 0.15) is 0 Å². The first kappa shape index (κ1) is 22.5. The number of likely N-dealkylation sites (tertiary alicyclic amines) is 1. The van der Waals surface area contributed by atoms with Crippen molar-refractivity contribution in [2.45, 2.75) is 42.6 Å². The summed E-state index contributed by atoms with van der Waals surface area (Å²) >= 11 is 1.69. The molecule has 0 aliphatic carbocycles. The average Bonchev–Trinajstić information content (AvgIpc) is 3.52. The highest BCUT2D eigenvalue weighted by atomic mass is 32.2. The quantitative estimate of drug-likeness (QED) is 0.574. The molecular formula is C24H27N3O4S2. The van der Waals surface area contributed by atoms with E-state index in [9.17, 15) is 13.2 Å². The van der Waals surface area contributed by atoms with E-state index in [0.717, 1.165) is 40.9 Å². The maximum absolute atomic E-state index is 13.3. The van der Waals surface area contributed by atoms with Crippen LogP contribution < -0.4 is 4.72 Å². The second-order valence-electron chi connectivity index (χ2n) is 8.62. The summed E-state index contributed by atoms with van der Waals surface area (Å²) in [6, 6.07) is 14.4. The first-order valence-corrected chi connectivity index (χ1v) is 13.7. The van der Waals surface area contributed by atoms with Gasteiger partial charge in [-0.1, -0.05) is 18.2 Å². The lowest BCUT2D eigenvalue weighted by atomic mass is 9.98. The molecule has 33 heavy (non-hydrogen) atoms. The summed E-state index contributed by atoms with van der Waals surface area (Å²) in [6.07, 6.45) is 3.60. The van der Waals surface area contributed by atoms with Gasteiger partial charge in [0.15, 0.2) is 0 Å². The molecule has 0 unspecified atom stereocenters. The standard InChI is InChI=1S/C24H27N3O4S2/c28-24(17-6-3-9-20(14-17)33(29,30)25-15-19-8-5-13-31-19)27-12-4-7-18(16-27)23-26-21-10-1-2-11-22(21)32-23/h1-3,6,9-11,14,18-19,25H,4-5,7-8,12-13,15-16H2/t18-,19+/m1/s1. The minimum Gasteiger partial charge on any atom is -0.377 e. The Kier molecular flexibility index (Phi) is 6.47. The Morgan fingerprint density at radius 2 is 2.03 bits per heavy atom. The van der Waals surface area contributed by atoms with Crippen LogP contribution in [0.3, 0.4) is 0 Å². The van der Waals surface area contributed by atoms with Gasteiger partial charge >= 0.3 is 0 Å². The van der Waals surface area contributed by atoms with Crippen molar-refractivity contribution in [1.29, 1.82) is 0 Å². The molecule has 2 aliphatic rings. The lowest BCUT2D eigenvalue weighted by Gasteiger charge is -2.32. The summed E-state index contributed by atoms with van der Waals surface area (Å²) in [5.74, 6) is 0.0529. The summed E-state index contributed by atoms with van der Waals surface area (Å²) in [5, 5.41) is 1.06. The zero-order valence-corrected chi connectivity index (χ0v) is 19.9. The molecule has 0 bridgehead atoms. The number of hydrogen-bond donors (Lipinski definition) is 1. The number of benzene rings is 2. The highest BCUT2D eigenvalue weighted by molar-refractivity contribution is 7.89. The van der Waals surface area contributed by atoms with Crippen LogP contribution in [0.4, 0.5) is 0 Å². The lowest BCUT2D eigenvalue weighted by molar-refractivity contribution is 0.0707. The van der Waals surface area contributed by atoms with Crippen molar-refractivity contribution in [1.82, 2.24) is 14.6 Å². The summed E-state index contributed by atoms with van der Waals surface area (Å²) in [4.78, 5) is 20.0. The van der Waals surface area contributed by atoms with E-state index in [1.165, 1.54) is 12.1 Å². The van der Waals surface area contributed by atoms with Crippen LogP contribution >= 0.6 is 11.3 Å². The minimum absolute atomic E-state index is 0.0858. The van der Waals surface area contributed by atoms with Gasteiger partial charge in [0.25, 0.3) is 5.91 Å². The molecule has 2 aliphatic heterocycles. The molecule has 7 nitrogen and oxygen atoms in total. The van der Waals surface area contributed by atoms with Crippen LogP contribution in [-0.4, -0.2) is 56.6 Å². The molecule has 0 spiro atoms. The van der Waals surface area contributed by atoms with Crippen molar-refractivity contribution in [3.8, 4) is 0 Å². The molecule has 2 saturated heterocycles. The molecule has 1 amide bonds. The van der Waals surface area contributed by atoms with E-state index in [0.29, 0.717) is 25.3 Å². The van der Waals surface area contributed by atoms with Crippen molar-refractivity contribution in [2.24, 2.45) is 0 Å². The van der Waals surface area contributed by atoms with Gasteiger partial charge in [-0.15, -0.1) is 11.3 Å². The van der Waals surface area contributed by atoms with E-state index in [4.69, 9.17) is 9.72 Å². The third-order valence-electron chi connectivity index (χ3n) is 6.28. The second-order valence-corrected chi connectivity index (χ2v) is 11.5. The van der Waals surface area contributed by atoms with Crippen LogP contribution in [0.2, 0.25) is 0 Å². The van der Waals surface area contributed by atoms with Crippen molar-refractivity contribution in [2.75, 3.05) is 26.2 Å². The fourth-order valence-corrected chi connectivity index (χ4v) is 6.70. The number of fused-ring (bicyclic) bond motifs is 1. The normalized spacial score (nSPS) is 21.5. The molecule has 3 heterocycles. The first-order chi connectivity index (χ1) is 16.0. The zero-order valence-electron chi connectivity index (χ0n) is 18.3. The van der Waals surface area contributed by atoms with Crippen molar-refractivity contribution in [3.05, 3.63) is 59.1 Å². The highest BCUT2D eigenvalue weighted by Gasteiger charge is 2.28. The monoisotopic (exact) mass is 485 g/mol. The summed E-state index contributed by atoms with van der Waals surface area (Å²) in [7, 11) is -3.71. The summed E-state index contributed by atoms with van der Waals surface area (Å²) in [6.45, 7) is 2.17. The van der Waals surface area contributed by atoms with Crippen molar-refractivity contribution >= 4 is 37.5 Å². The number of carbonyl (C=O) groups excluding carboxylic acids is 1. The number of sulfonamides is 1. The molecule has 174 valence electrons. The van der Waals surface area contributed by atoms with Gasteiger partial charge < -0.3 is 9.64 Å². The third kappa shape index (κ3) is 4.96. The number of hydrogen-bond acceptors (Lipinski definition) is 6. The zero-order chi connectivity index (χ0) is 22.8. The summed E-state index contributed by atoms with van der Waals surface area (Å²) < 4.78 is 34.8. The maximum atomic E-state index is 13.3. The topological polar surface area (TPSA) is 88.6 Å². The van der Waals surface area contributed by atoms with Crippen LogP contribution in [0.5, 0.6) is 0 Å². The number of para-hydroxylation sites is 1. The van der Waals surface area contributed by atoms with Crippen LogP contribution in [0.25, 0.3) is 10.2 Å². The lowest BCUT2D eigenvalue weighted by Crippen LogP contribution is -2.39. The smallest absolute Gasteiger partial charge is 0.253 e. The molecular weight excluding hydrogens is 458 g/mol. The number of nitrogens with zero attached hydrogens (tertiary/aromatic N) is 2. The molecule has 1 N–H and O–H groups in total. The molecule has 2 atom stereocenters. The van der Waals surface area contributed by atoms with Gasteiger partial charge in [-0.3, -0.25) is 4.79 Å². The van der Waals surface area contributed by atoms with E-state index in [-0.39, 0.29) is 29.4 Å². The predicted octanol–water partition coefficient (Wildman–Crippen LogP) is 3.77. The van der Waals surface area contributed by atoms with Gasteiger partial charge in [0.2, 0.25) is 10.0 Å². The minimum atomic E-state index is -3.71. The Bertz CT molecular complexity index is 1220. The van der Waals surface area contributed by atoms with Crippen LogP contribution in [0.1, 0.15) is 47.0 Å². The number of amides is 1. The largest absolute Gasteiger partial charge is 0.377 e. The maximum Gasteiger partial charge on any atom is 0.253 e. The fraction of sp³-hybridized carbons (Fsp3) is 0.417. The Morgan fingerprint density at radius 1 is 1.15 bits per heavy atom. The Balaban J connectivity index is 1.29. The van der Waals surface area contributed by atoms with Gasteiger partial charge in [-0.25, -0.2) is 18.1 Å². The molecule has 1 aromatic heterocycles. The molecule has 0 saturated carbocycles. The molecule has 2 aromatic carbocycles. The highest BCUT2D eigenvalue weighted by Crippen LogP contribution is 2.33. The van der Waals surface area contributed by atoms with E-state index in [1.54, 1.807) is 23.5 Å². The van der Waals surface area contributed by atoms with Crippen LogP contribution in [0, 0.1) is 0 Å². The fourth-order valence-electron chi connectivity index (χ4n) is 4.50. The van der Waals surface area contributed by atoms with E-state index in [2.05, 4.69) is 10.8 Å². The number of thiazole rings is 1. The molecule has 0 radical (unpaired) electrons. The van der Waals surface area contributed by atoms with Crippen molar-refractivity contribution in [3.63, 3.8) is 0 Å². The van der Waals surface area contributed by atoms with E-state index >= 15 is 0 Å². The Hall–Kier alpha value is -2.33. The summed E-state index contributed by atoms with van der Waals surface area (Å²) in [5.41, 5.74) is 1.38.